The van der Waals surface area contributed by atoms with Crippen molar-refractivity contribution in [3.05, 3.63) is 24.0 Å². The molecule has 0 aromatic carbocycles. The molecule has 1 aliphatic carbocycles. The van der Waals surface area contributed by atoms with Gasteiger partial charge in [-0.2, -0.15) is 5.26 Å². The molecule has 0 spiro atoms. The number of ether oxygens (including phenoxy) is 1. The maximum Gasteiger partial charge on any atom is 0.243 e. The Morgan fingerprint density at radius 1 is 1.45 bits per heavy atom. The minimum atomic E-state index is -3.71. The molecule has 108 valence electrons. The van der Waals surface area contributed by atoms with Gasteiger partial charge in [0.2, 0.25) is 10.0 Å². The number of nitrogens with one attached hydrogen (secondary N) is 1. The number of sulfonamides is 1. The Kier molecular flexibility index (Phi) is 5.06. The largest absolute Gasteiger partial charge is 0.377 e. The van der Waals surface area contributed by atoms with Crippen molar-refractivity contribution in [1.82, 2.24) is 9.71 Å². The van der Waals surface area contributed by atoms with Crippen LogP contribution < -0.4 is 4.72 Å². The van der Waals surface area contributed by atoms with E-state index in [4.69, 9.17) is 10.00 Å². The predicted molar refractivity (Wildman–Crippen MR) is 72.3 cm³/mol. The summed E-state index contributed by atoms with van der Waals surface area (Å²) < 4.78 is 32.1. The smallest absolute Gasteiger partial charge is 0.243 e. The molecule has 1 aliphatic rings. The van der Waals surface area contributed by atoms with Crippen LogP contribution in [-0.4, -0.2) is 32.7 Å². The molecule has 6 nitrogen and oxygen atoms in total. The van der Waals surface area contributed by atoms with E-state index in [-0.39, 0.29) is 23.2 Å². The molecule has 20 heavy (non-hydrogen) atoms. The average molecular weight is 295 g/mol. The van der Waals surface area contributed by atoms with Gasteiger partial charge in [-0.15, -0.1) is 0 Å². The quantitative estimate of drug-likeness (QED) is 0.796. The molecule has 2 rings (SSSR count). The summed E-state index contributed by atoms with van der Waals surface area (Å²) in [5.74, 6) is 0. The van der Waals surface area contributed by atoms with Crippen molar-refractivity contribution >= 4 is 10.0 Å². The SMILES string of the molecule is N#Cc1ncccc1S(=O)(=O)NCCOC1CCCC1. The van der Waals surface area contributed by atoms with Crippen LogP contribution in [0, 0.1) is 11.3 Å². The highest BCUT2D eigenvalue weighted by atomic mass is 32.2. The fraction of sp³-hybridized carbons (Fsp3) is 0.538. The van der Waals surface area contributed by atoms with Crippen molar-refractivity contribution in [1.29, 1.82) is 5.26 Å². The zero-order valence-electron chi connectivity index (χ0n) is 11.1. The molecule has 0 unspecified atom stereocenters. The zero-order valence-corrected chi connectivity index (χ0v) is 11.9. The standard InChI is InChI=1S/C13H17N3O3S/c14-10-12-13(6-3-7-15-12)20(17,18)16-8-9-19-11-4-1-2-5-11/h3,6-7,11,16H,1-2,4-5,8-9H2. The Morgan fingerprint density at radius 3 is 2.90 bits per heavy atom. The molecule has 7 heteroatoms. The highest BCUT2D eigenvalue weighted by molar-refractivity contribution is 7.89. The Balaban J connectivity index is 1.89. The van der Waals surface area contributed by atoms with Crippen LogP contribution in [-0.2, 0) is 14.8 Å². The van der Waals surface area contributed by atoms with Crippen LogP contribution in [0.2, 0.25) is 0 Å². The van der Waals surface area contributed by atoms with Gasteiger partial charge in [-0.25, -0.2) is 18.1 Å². The molecular formula is C13H17N3O3S. The normalized spacial score (nSPS) is 16.1. The van der Waals surface area contributed by atoms with E-state index in [1.807, 2.05) is 0 Å². The van der Waals surface area contributed by atoms with E-state index in [0.29, 0.717) is 6.61 Å². The van der Waals surface area contributed by atoms with Gasteiger partial charge < -0.3 is 4.74 Å². The maximum atomic E-state index is 12.1. The first-order valence-electron chi connectivity index (χ1n) is 6.60. The van der Waals surface area contributed by atoms with Crippen LogP contribution in [0.4, 0.5) is 0 Å². The van der Waals surface area contributed by atoms with Crippen LogP contribution in [0.25, 0.3) is 0 Å². The minimum absolute atomic E-state index is 0.0941. The van der Waals surface area contributed by atoms with Gasteiger partial charge >= 0.3 is 0 Å². The molecule has 0 atom stereocenters. The van der Waals surface area contributed by atoms with Gasteiger partial charge in [-0.05, 0) is 25.0 Å². The molecule has 1 heterocycles. The minimum Gasteiger partial charge on any atom is -0.377 e. The first kappa shape index (κ1) is 14.9. The average Bonchev–Trinajstić information content (AvgIpc) is 2.97. The van der Waals surface area contributed by atoms with Crippen molar-refractivity contribution in [3.63, 3.8) is 0 Å². The fourth-order valence-electron chi connectivity index (χ4n) is 2.23. The monoisotopic (exact) mass is 295 g/mol. The number of nitriles is 1. The number of aromatic nitrogens is 1. The topological polar surface area (TPSA) is 92.1 Å². The summed E-state index contributed by atoms with van der Waals surface area (Å²) in [6, 6.07) is 4.63. The van der Waals surface area contributed by atoms with Crippen LogP contribution in [0.15, 0.2) is 23.2 Å². The lowest BCUT2D eigenvalue weighted by Crippen LogP contribution is -2.29. The Bertz CT molecular complexity index is 589. The van der Waals surface area contributed by atoms with Gasteiger partial charge in [0.25, 0.3) is 0 Å². The Morgan fingerprint density at radius 2 is 2.20 bits per heavy atom. The number of rotatable bonds is 6. The number of hydrogen-bond donors (Lipinski definition) is 1. The van der Waals surface area contributed by atoms with Crippen molar-refractivity contribution in [3.8, 4) is 6.07 Å². The fourth-order valence-corrected chi connectivity index (χ4v) is 3.34. The lowest BCUT2D eigenvalue weighted by molar-refractivity contribution is 0.0626. The molecule has 1 aromatic heterocycles. The summed E-state index contributed by atoms with van der Waals surface area (Å²) in [5, 5.41) is 8.87. The third kappa shape index (κ3) is 3.76. The molecular weight excluding hydrogens is 278 g/mol. The van der Waals surface area contributed by atoms with E-state index in [2.05, 4.69) is 9.71 Å². The molecule has 1 N–H and O–H groups in total. The summed E-state index contributed by atoms with van der Waals surface area (Å²) in [6.07, 6.45) is 6.10. The number of nitrogens with zero attached hydrogens (tertiary/aromatic N) is 2. The Labute approximate surface area is 118 Å². The second-order valence-corrected chi connectivity index (χ2v) is 6.37. The number of hydrogen-bond acceptors (Lipinski definition) is 5. The second kappa shape index (κ2) is 6.79. The van der Waals surface area contributed by atoms with Crippen LogP contribution >= 0.6 is 0 Å². The van der Waals surface area contributed by atoms with Crippen LogP contribution in [0.5, 0.6) is 0 Å². The molecule has 1 saturated carbocycles. The van der Waals surface area contributed by atoms with Crippen molar-refractivity contribution in [2.45, 2.75) is 36.7 Å². The van der Waals surface area contributed by atoms with E-state index in [0.717, 1.165) is 12.8 Å². The van der Waals surface area contributed by atoms with E-state index < -0.39 is 10.0 Å². The van der Waals surface area contributed by atoms with Gasteiger partial charge in [-0.3, -0.25) is 0 Å². The van der Waals surface area contributed by atoms with Crippen LogP contribution in [0.3, 0.4) is 0 Å². The predicted octanol–water partition coefficient (Wildman–Crippen LogP) is 1.19. The van der Waals surface area contributed by atoms with Gasteiger partial charge in [0.15, 0.2) is 5.69 Å². The summed E-state index contributed by atoms with van der Waals surface area (Å²) in [5.41, 5.74) is -0.100. The third-order valence-corrected chi connectivity index (χ3v) is 4.71. The molecule has 0 radical (unpaired) electrons. The van der Waals surface area contributed by atoms with Crippen molar-refractivity contribution in [2.24, 2.45) is 0 Å². The molecule has 0 amide bonds. The van der Waals surface area contributed by atoms with Gasteiger partial charge in [0, 0.05) is 12.7 Å². The lowest BCUT2D eigenvalue weighted by Gasteiger charge is -2.12. The van der Waals surface area contributed by atoms with Gasteiger partial charge in [0.05, 0.1) is 12.7 Å². The summed E-state index contributed by atoms with van der Waals surface area (Å²) in [7, 11) is -3.71. The third-order valence-electron chi connectivity index (χ3n) is 3.22. The van der Waals surface area contributed by atoms with E-state index in [1.54, 1.807) is 6.07 Å². The van der Waals surface area contributed by atoms with E-state index in [9.17, 15) is 8.42 Å². The molecule has 0 bridgehead atoms. The van der Waals surface area contributed by atoms with Crippen molar-refractivity contribution < 1.29 is 13.2 Å². The number of pyridine rings is 1. The first-order chi connectivity index (χ1) is 9.63. The summed E-state index contributed by atoms with van der Waals surface area (Å²) in [4.78, 5) is 3.65. The molecule has 0 saturated heterocycles. The Hall–Kier alpha value is -1.49. The summed E-state index contributed by atoms with van der Waals surface area (Å²) >= 11 is 0. The van der Waals surface area contributed by atoms with E-state index >= 15 is 0 Å². The van der Waals surface area contributed by atoms with Crippen LogP contribution in [0.1, 0.15) is 31.4 Å². The van der Waals surface area contributed by atoms with E-state index in [1.165, 1.54) is 31.2 Å². The van der Waals surface area contributed by atoms with Gasteiger partial charge in [0.1, 0.15) is 11.0 Å². The first-order valence-corrected chi connectivity index (χ1v) is 8.08. The maximum absolute atomic E-state index is 12.1. The highest BCUT2D eigenvalue weighted by Gasteiger charge is 2.19. The summed E-state index contributed by atoms with van der Waals surface area (Å²) in [6.45, 7) is 0.532. The second-order valence-electron chi connectivity index (χ2n) is 4.64. The van der Waals surface area contributed by atoms with Gasteiger partial charge in [-0.1, -0.05) is 12.8 Å². The molecule has 1 aromatic rings. The zero-order chi connectivity index (χ0) is 14.4. The lowest BCUT2D eigenvalue weighted by atomic mass is 10.3. The molecule has 1 fully saturated rings. The molecule has 0 aliphatic heterocycles. The van der Waals surface area contributed by atoms with Crippen molar-refractivity contribution in [2.75, 3.05) is 13.2 Å². The highest BCUT2D eigenvalue weighted by Crippen LogP contribution is 2.20.